The maximum absolute atomic E-state index is 8.56. The fraction of sp³-hybridized carbons (Fsp3) is 0.220. The van der Waals surface area contributed by atoms with Gasteiger partial charge in [-0.15, -0.1) is 23.8 Å². The fourth-order valence-corrected chi connectivity index (χ4v) is 9.12. The molecular weight excluding hydrogens is 817 g/mol. The van der Waals surface area contributed by atoms with Gasteiger partial charge in [0.25, 0.3) is 0 Å². The number of thiophene rings is 1. The van der Waals surface area contributed by atoms with Crippen LogP contribution in [0.5, 0.6) is 0 Å². The van der Waals surface area contributed by atoms with Gasteiger partial charge in [-0.25, -0.2) is 0 Å². The third kappa shape index (κ3) is 7.06. The van der Waals surface area contributed by atoms with Crippen molar-refractivity contribution < 1.29 is 22.8 Å². The molecule has 3 aromatic heterocycles. The fourth-order valence-electron chi connectivity index (χ4n) is 5.61. The Morgan fingerprint density at radius 3 is 2.13 bits per heavy atom. The number of pyridine rings is 2. The SMILES string of the molecule is [2H]C(C)(C)c1ccnc(-c2[c-]ccc3c2sc2c4cccc(C([2H])(C)C)c4ccc32)c1.[CH3][Ge]([CH3])([CH3])[c]1ccc(-c2[c-]cccc2)nc1.[Ir]. The molecule has 0 bridgehead atoms. The van der Waals surface area contributed by atoms with Crippen molar-refractivity contribution in [2.75, 3.05) is 0 Å². The monoisotopic (exact) mass is 861 g/mol. The number of fused-ring (bicyclic) bond motifs is 5. The van der Waals surface area contributed by atoms with E-state index in [9.17, 15) is 0 Å². The Kier molecular flexibility index (Phi) is 9.79. The van der Waals surface area contributed by atoms with E-state index >= 15 is 0 Å². The Morgan fingerprint density at radius 1 is 0.696 bits per heavy atom. The van der Waals surface area contributed by atoms with Crippen molar-refractivity contribution in [2.45, 2.75) is 56.8 Å². The zero-order valence-corrected chi connectivity index (χ0v) is 32.8. The minimum absolute atomic E-state index is 0. The molecule has 0 atom stereocenters. The zero-order valence-electron chi connectivity index (χ0n) is 29.5. The molecule has 0 spiro atoms. The number of hydrogen-bond acceptors (Lipinski definition) is 3. The molecule has 0 fully saturated rings. The van der Waals surface area contributed by atoms with Gasteiger partial charge in [0.2, 0.25) is 0 Å². The van der Waals surface area contributed by atoms with E-state index in [1.54, 1.807) is 17.5 Å². The summed E-state index contributed by atoms with van der Waals surface area (Å²) in [7, 11) is 0. The molecule has 7 rings (SSSR count). The van der Waals surface area contributed by atoms with Crippen LogP contribution < -0.4 is 4.40 Å². The van der Waals surface area contributed by atoms with Crippen LogP contribution in [0.1, 0.15) is 53.4 Å². The van der Waals surface area contributed by atoms with Gasteiger partial charge >= 0.3 is 99.8 Å². The predicted molar refractivity (Wildman–Crippen MR) is 199 cm³/mol. The summed E-state index contributed by atoms with van der Waals surface area (Å²) < 4.78 is 20.8. The molecule has 0 unspecified atom stereocenters. The average molecular weight is 860 g/mol. The van der Waals surface area contributed by atoms with E-state index in [1.807, 2.05) is 76.4 Å². The third-order valence-electron chi connectivity index (χ3n) is 8.20. The first-order valence-corrected chi connectivity index (χ1v) is 23.6. The van der Waals surface area contributed by atoms with Gasteiger partial charge in [0, 0.05) is 33.7 Å². The van der Waals surface area contributed by atoms with Crippen LogP contribution in [-0.2, 0) is 20.1 Å². The van der Waals surface area contributed by atoms with Gasteiger partial charge in [0.05, 0.1) is 0 Å². The van der Waals surface area contributed by atoms with Gasteiger partial charge in [-0.05, 0) is 50.0 Å². The first kappa shape index (κ1) is 31.5. The largest absolute Gasteiger partial charge is 0 e. The van der Waals surface area contributed by atoms with Crippen molar-refractivity contribution in [1.82, 2.24) is 9.97 Å². The van der Waals surface area contributed by atoms with Gasteiger partial charge in [-0.3, -0.25) is 0 Å². The van der Waals surface area contributed by atoms with Crippen LogP contribution in [0.25, 0.3) is 53.5 Å². The number of nitrogens with zero attached hydrogens (tertiary/aromatic N) is 2. The quantitative estimate of drug-likeness (QED) is 0.127. The summed E-state index contributed by atoms with van der Waals surface area (Å²) in [4.78, 5) is 9.15. The molecule has 0 aliphatic carbocycles. The Morgan fingerprint density at radius 2 is 1.46 bits per heavy atom. The number of hydrogen-bond donors (Lipinski definition) is 0. The Bertz CT molecular complexity index is 2190. The molecule has 7 aromatic rings. The van der Waals surface area contributed by atoms with E-state index in [4.69, 9.17) is 2.74 Å². The van der Waals surface area contributed by atoms with Gasteiger partial charge < -0.3 is 4.98 Å². The summed E-state index contributed by atoms with van der Waals surface area (Å²) in [5, 5.41) is 4.75. The molecule has 46 heavy (non-hydrogen) atoms. The molecule has 2 nitrogen and oxygen atoms in total. The maximum Gasteiger partial charge on any atom is 0 e. The summed E-state index contributed by atoms with van der Waals surface area (Å²) in [5.74, 6) is 5.81. The molecule has 0 N–H and O–H groups in total. The van der Waals surface area contributed by atoms with Crippen molar-refractivity contribution in [3.63, 3.8) is 0 Å². The summed E-state index contributed by atoms with van der Waals surface area (Å²) in [6, 6.07) is 37.5. The minimum atomic E-state index is -1.72. The summed E-state index contributed by atoms with van der Waals surface area (Å²) >= 11 is 0.0501. The van der Waals surface area contributed by atoms with Crippen molar-refractivity contribution in [3.05, 3.63) is 127 Å². The van der Waals surface area contributed by atoms with Crippen molar-refractivity contribution in [1.29, 1.82) is 0 Å². The van der Waals surface area contributed by atoms with E-state index < -0.39 is 25.1 Å². The van der Waals surface area contributed by atoms with Crippen LogP contribution in [0.4, 0.5) is 0 Å². The van der Waals surface area contributed by atoms with Crippen LogP contribution in [-0.4, -0.2) is 23.2 Å². The van der Waals surface area contributed by atoms with E-state index in [-0.39, 0.29) is 20.1 Å². The van der Waals surface area contributed by atoms with Gasteiger partial charge in [-0.1, -0.05) is 75.0 Å². The molecule has 1 radical (unpaired) electrons. The second kappa shape index (κ2) is 14.3. The molecular formula is C41H40GeIrN2S-2. The first-order chi connectivity index (χ1) is 22.2. The maximum atomic E-state index is 8.56. The molecule has 0 aliphatic rings. The standard InChI is InChI=1S/C27H24NS.C14H16GeN.Ir/c1-16(2)18-13-14-28-25(15-18)24-10-6-9-22-23-12-11-20-19(17(3)4)7-5-8-21(20)26(23)29-27(22)24;1-15(2,3)13-9-10-14(16-11-13)12-7-5-4-6-8-12;/h5-9,11-17H,1-4H3;4-7,9-11H,1-3H3;/q2*-1;/i16D,17D;;. The van der Waals surface area contributed by atoms with Gasteiger partial charge in [-0.2, -0.15) is 11.3 Å². The van der Waals surface area contributed by atoms with Crippen molar-refractivity contribution in [3.8, 4) is 22.5 Å². The molecule has 3 heterocycles. The minimum Gasteiger partial charge on any atom is 0 e. The second-order valence-corrected chi connectivity index (χ2v) is 24.6. The van der Waals surface area contributed by atoms with Crippen LogP contribution in [0.2, 0.25) is 17.3 Å². The second-order valence-electron chi connectivity index (χ2n) is 12.9. The summed E-state index contributed by atoms with van der Waals surface area (Å²) in [5.41, 5.74) is 5.90. The Labute approximate surface area is 296 Å². The smallest absolute Gasteiger partial charge is 0 e. The number of aromatic nitrogens is 2. The first-order valence-electron chi connectivity index (χ1n) is 16.4. The third-order valence-corrected chi connectivity index (χ3v) is 13.7. The molecule has 0 aliphatic heterocycles. The Balaban J connectivity index is 0.000000224. The van der Waals surface area contributed by atoms with Crippen LogP contribution in [0.15, 0.2) is 103 Å². The average Bonchev–Trinajstić information content (AvgIpc) is 3.44. The van der Waals surface area contributed by atoms with E-state index in [0.29, 0.717) is 0 Å². The Hall–Kier alpha value is -3.15. The summed E-state index contributed by atoms with van der Waals surface area (Å²) in [6.07, 6.45) is 3.83. The van der Waals surface area contributed by atoms with Crippen molar-refractivity contribution in [2.24, 2.45) is 0 Å². The summed E-state index contributed by atoms with van der Waals surface area (Å²) in [6.45, 7) is 7.67. The molecule has 0 saturated heterocycles. The zero-order chi connectivity index (χ0) is 33.6. The van der Waals surface area contributed by atoms with E-state index in [2.05, 4.69) is 87.9 Å². The van der Waals surface area contributed by atoms with Gasteiger partial charge in [0.15, 0.2) is 0 Å². The molecule has 4 aromatic carbocycles. The molecule has 0 saturated carbocycles. The van der Waals surface area contributed by atoms with Crippen LogP contribution >= 0.6 is 11.3 Å². The topological polar surface area (TPSA) is 25.8 Å². The van der Waals surface area contributed by atoms with Crippen molar-refractivity contribution >= 4 is 59.9 Å². The van der Waals surface area contributed by atoms with Gasteiger partial charge in [0.1, 0.15) is 0 Å². The number of benzene rings is 4. The van der Waals surface area contributed by atoms with Crippen LogP contribution in [0.3, 0.4) is 0 Å². The molecule has 5 heteroatoms. The van der Waals surface area contributed by atoms with Crippen LogP contribution in [0, 0.1) is 12.1 Å². The predicted octanol–water partition coefficient (Wildman–Crippen LogP) is 11.4. The van der Waals surface area contributed by atoms with E-state index in [0.717, 1.165) is 43.7 Å². The van der Waals surface area contributed by atoms with E-state index in [1.165, 1.54) is 25.3 Å². The molecule has 235 valence electrons. The number of rotatable bonds is 5. The molecule has 0 amide bonds. The normalized spacial score (nSPS) is 12.7.